The molecule has 3 rings (SSSR count). The van der Waals surface area contributed by atoms with Crippen LogP contribution in [-0.2, 0) is 11.3 Å². The molecule has 2 aromatic rings. The molecule has 0 bridgehead atoms. The van der Waals surface area contributed by atoms with Gasteiger partial charge in [0.1, 0.15) is 5.75 Å². The van der Waals surface area contributed by atoms with E-state index in [1.165, 1.54) is 5.56 Å². The first-order valence-corrected chi connectivity index (χ1v) is 7.24. The molecule has 3 heteroatoms. The monoisotopic (exact) mass is 281 g/mol. The van der Waals surface area contributed by atoms with Crippen LogP contribution >= 0.6 is 0 Å². The maximum absolute atomic E-state index is 12.2. The zero-order valence-corrected chi connectivity index (χ0v) is 12.1. The molecule has 0 spiro atoms. The molecular weight excluding hydrogens is 262 g/mol. The minimum atomic E-state index is 0.113. The summed E-state index contributed by atoms with van der Waals surface area (Å²) in [6, 6.07) is 18.0. The van der Waals surface area contributed by atoms with E-state index < -0.39 is 0 Å². The van der Waals surface area contributed by atoms with Crippen molar-refractivity contribution < 1.29 is 9.53 Å². The topological polar surface area (TPSA) is 38.3 Å². The van der Waals surface area contributed by atoms with E-state index >= 15 is 0 Å². The minimum Gasteiger partial charge on any atom is -0.496 e. The van der Waals surface area contributed by atoms with Crippen molar-refractivity contribution in [1.29, 1.82) is 0 Å². The second kappa shape index (κ2) is 6.00. The molecule has 2 unspecified atom stereocenters. The summed E-state index contributed by atoms with van der Waals surface area (Å²) in [6.07, 6.45) is 0.946. The summed E-state index contributed by atoms with van der Waals surface area (Å²) >= 11 is 0. The quantitative estimate of drug-likeness (QED) is 0.914. The third-order valence-corrected chi connectivity index (χ3v) is 4.00. The van der Waals surface area contributed by atoms with Crippen molar-refractivity contribution in [1.82, 2.24) is 5.32 Å². The van der Waals surface area contributed by atoms with Gasteiger partial charge in [-0.2, -0.15) is 0 Å². The van der Waals surface area contributed by atoms with E-state index in [1.807, 2.05) is 42.5 Å². The molecule has 21 heavy (non-hydrogen) atoms. The number of amides is 1. The van der Waals surface area contributed by atoms with Gasteiger partial charge in [-0.15, -0.1) is 0 Å². The summed E-state index contributed by atoms with van der Waals surface area (Å²) in [5, 5.41) is 3.02. The summed E-state index contributed by atoms with van der Waals surface area (Å²) in [5.74, 6) is 1.44. The molecule has 1 aliphatic rings. The highest BCUT2D eigenvalue weighted by atomic mass is 16.5. The predicted octanol–water partition coefficient (Wildman–Crippen LogP) is 3.12. The van der Waals surface area contributed by atoms with Crippen LogP contribution in [0, 0.1) is 5.92 Å². The zero-order valence-electron chi connectivity index (χ0n) is 12.1. The van der Waals surface area contributed by atoms with Crippen molar-refractivity contribution in [2.75, 3.05) is 7.11 Å². The summed E-state index contributed by atoms with van der Waals surface area (Å²) < 4.78 is 5.29. The van der Waals surface area contributed by atoms with E-state index in [4.69, 9.17) is 4.74 Å². The molecule has 0 radical (unpaired) electrons. The lowest BCUT2D eigenvalue weighted by Crippen LogP contribution is -2.25. The second-order valence-corrected chi connectivity index (χ2v) is 5.39. The summed E-state index contributed by atoms with van der Waals surface area (Å²) in [6.45, 7) is 0.515. The average Bonchev–Trinajstić information content (AvgIpc) is 3.34. The van der Waals surface area contributed by atoms with Crippen LogP contribution in [-0.4, -0.2) is 13.0 Å². The van der Waals surface area contributed by atoms with Gasteiger partial charge in [0.25, 0.3) is 0 Å². The Morgan fingerprint density at radius 1 is 1.14 bits per heavy atom. The molecule has 1 amide bonds. The molecule has 1 aliphatic carbocycles. The van der Waals surface area contributed by atoms with Gasteiger partial charge in [0, 0.05) is 18.0 Å². The van der Waals surface area contributed by atoms with Crippen molar-refractivity contribution in [3.63, 3.8) is 0 Å². The number of methoxy groups -OCH3 is 1. The molecule has 0 heterocycles. The zero-order chi connectivity index (χ0) is 14.7. The van der Waals surface area contributed by atoms with Gasteiger partial charge < -0.3 is 10.1 Å². The van der Waals surface area contributed by atoms with Crippen LogP contribution in [0.15, 0.2) is 54.6 Å². The second-order valence-electron chi connectivity index (χ2n) is 5.39. The molecule has 0 aliphatic heterocycles. The van der Waals surface area contributed by atoms with Crippen molar-refractivity contribution in [2.45, 2.75) is 18.9 Å². The highest BCUT2D eigenvalue weighted by molar-refractivity contribution is 5.82. The standard InChI is InChI=1S/C18H19NO2/c1-21-17-10-6-5-9-14(17)12-19-18(20)16-11-15(16)13-7-3-2-4-8-13/h2-10,15-16H,11-12H2,1H3,(H,19,20). The smallest absolute Gasteiger partial charge is 0.224 e. The van der Waals surface area contributed by atoms with Crippen LogP contribution in [0.5, 0.6) is 5.75 Å². The fraction of sp³-hybridized carbons (Fsp3) is 0.278. The predicted molar refractivity (Wildman–Crippen MR) is 82.1 cm³/mol. The molecule has 108 valence electrons. The van der Waals surface area contributed by atoms with Crippen LogP contribution in [0.1, 0.15) is 23.5 Å². The van der Waals surface area contributed by atoms with Gasteiger partial charge in [-0.3, -0.25) is 4.79 Å². The van der Waals surface area contributed by atoms with E-state index in [-0.39, 0.29) is 11.8 Å². The first kappa shape index (κ1) is 13.7. The van der Waals surface area contributed by atoms with Gasteiger partial charge in [0.2, 0.25) is 5.91 Å². The molecule has 2 atom stereocenters. The van der Waals surface area contributed by atoms with Crippen LogP contribution in [0.4, 0.5) is 0 Å². The maximum atomic E-state index is 12.2. The number of benzene rings is 2. The van der Waals surface area contributed by atoms with Gasteiger partial charge in [0.15, 0.2) is 0 Å². The molecule has 2 aromatic carbocycles. The fourth-order valence-electron chi connectivity index (χ4n) is 2.72. The maximum Gasteiger partial charge on any atom is 0.224 e. The van der Waals surface area contributed by atoms with E-state index in [0.717, 1.165) is 17.7 Å². The fourth-order valence-corrected chi connectivity index (χ4v) is 2.72. The van der Waals surface area contributed by atoms with Gasteiger partial charge >= 0.3 is 0 Å². The van der Waals surface area contributed by atoms with Crippen molar-refractivity contribution in [2.24, 2.45) is 5.92 Å². The minimum absolute atomic E-state index is 0.113. The number of hydrogen-bond donors (Lipinski definition) is 1. The summed E-state index contributed by atoms with van der Waals surface area (Å²) in [4.78, 5) is 12.2. The number of para-hydroxylation sites is 1. The Balaban J connectivity index is 1.56. The third kappa shape index (κ3) is 3.07. The van der Waals surface area contributed by atoms with E-state index in [9.17, 15) is 4.79 Å². The average molecular weight is 281 g/mol. The number of hydrogen-bond acceptors (Lipinski definition) is 2. The SMILES string of the molecule is COc1ccccc1CNC(=O)C1CC1c1ccccc1. The summed E-state index contributed by atoms with van der Waals surface area (Å²) in [5.41, 5.74) is 2.26. The number of carbonyl (C=O) groups excluding carboxylic acids is 1. The van der Waals surface area contributed by atoms with E-state index in [2.05, 4.69) is 17.4 Å². The number of carbonyl (C=O) groups is 1. The lowest BCUT2D eigenvalue weighted by atomic mass is 10.1. The molecular formula is C18H19NO2. The van der Waals surface area contributed by atoms with Crippen LogP contribution in [0.25, 0.3) is 0 Å². The Kier molecular flexibility index (Phi) is 3.91. The molecule has 0 aromatic heterocycles. The van der Waals surface area contributed by atoms with Gasteiger partial charge in [0.05, 0.1) is 7.11 Å². The first-order valence-electron chi connectivity index (χ1n) is 7.24. The highest BCUT2D eigenvalue weighted by Gasteiger charge is 2.43. The Labute approximate surface area is 124 Å². The highest BCUT2D eigenvalue weighted by Crippen LogP contribution is 2.47. The van der Waals surface area contributed by atoms with Crippen LogP contribution < -0.4 is 10.1 Å². The normalized spacial score (nSPS) is 19.9. The van der Waals surface area contributed by atoms with Crippen LogP contribution in [0.3, 0.4) is 0 Å². The van der Waals surface area contributed by atoms with Gasteiger partial charge in [-0.25, -0.2) is 0 Å². The lowest BCUT2D eigenvalue weighted by molar-refractivity contribution is -0.122. The Morgan fingerprint density at radius 2 is 1.86 bits per heavy atom. The number of nitrogens with one attached hydrogen (secondary N) is 1. The van der Waals surface area contributed by atoms with Gasteiger partial charge in [-0.1, -0.05) is 48.5 Å². The number of ether oxygens (including phenoxy) is 1. The molecule has 1 N–H and O–H groups in total. The van der Waals surface area contributed by atoms with Gasteiger partial charge in [-0.05, 0) is 24.0 Å². The van der Waals surface area contributed by atoms with E-state index in [0.29, 0.717) is 12.5 Å². The molecule has 3 nitrogen and oxygen atoms in total. The Bertz CT molecular complexity index is 624. The number of rotatable bonds is 5. The summed E-state index contributed by atoms with van der Waals surface area (Å²) in [7, 11) is 1.65. The largest absolute Gasteiger partial charge is 0.496 e. The van der Waals surface area contributed by atoms with Crippen LogP contribution in [0.2, 0.25) is 0 Å². The van der Waals surface area contributed by atoms with Crippen molar-refractivity contribution >= 4 is 5.91 Å². The van der Waals surface area contributed by atoms with Crippen molar-refractivity contribution in [3.8, 4) is 5.75 Å². The molecule has 1 fully saturated rings. The third-order valence-electron chi connectivity index (χ3n) is 4.00. The Hall–Kier alpha value is -2.29. The Morgan fingerprint density at radius 3 is 2.62 bits per heavy atom. The molecule has 0 saturated heterocycles. The first-order chi connectivity index (χ1) is 10.3. The van der Waals surface area contributed by atoms with Crippen molar-refractivity contribution in [3.05, 3.63) is 65.7 Å². The van der Waals surface area contributed by atoms with E-state index in [1.54, 1.807) is 7.11 Å². The lowest BCUT2D eigenvalue weighted by Gasteiger charge is -2.09. The molecule has 1 saturated carbocycles.